The topological polar surface area (TPSA) is 15.3 Å². The molecule has 1 aliphatic heterocycles. The number of hydrogen-bond donors (Lipinski definition) is 1. The van der Waals surface area contributed by atoms with Crippen LogP contribution in [0.25, 0.3) is 11.6 Å². The molecule has 1 N–H and O–H groups in total. The van der Waals surface area contributed by atoms with Crippen LogP contribution in [0.2, 0.25) is 0 Å². The van der Waals surface area contributed by atoms with E-state index < -0.39 is 0 Å². The predicted octanol–water partition coefficient (Wildman–Crippen LogP) is 4.05. The van der Waals surface area contributed by atoms with E-state index in [1.165, 1.54) is 11.3 Å². The van der Waals surface area contributed by atoms with Crippen LogP contribution in [-0.2, 0) is 0 Å². The van der Waals surface area contributed by atoms with Gasteiger partial charge in [0.25, 0.3) is 0 Å². The molecule has 0 aliphatic carbocycles. The second kappa shape index (κ2) is 5.10. The van der Waals surface area contributed by atoms with Crippen molar-refractivity contribution >= 4 is 40.2 Å². The maximum atomic E-state index is 5.42. The molecule has 2 aromatic carbocycles. The molecule has 20 heavy (non-hydrogen) atoms. The summed E-state index contributed by atoms with van der Waals surface area (Å²) in [5, 5.41) is 3.25. The van der Waals surface area contributed by atoms with Gasteiger partial charge in [0.15, 0.2) is 0 Å². The summed E-state index contributed by atoms with van der Waals surface area (Å²) in [5.41, 5.74) is 5.71. The van der Waals surface area contributed by atoms with E-state index in [0.717, 1.165) is 21.8 Å². The van der Waals surface area contributed by atoms with Gasteiger partial charge in [-0.25, -0.2) is 0 Å². The van der Waals surface area contributed by atoms with E-state index in [2.05, 4.69) is 52.7 Å². The van der Waals surface area contributed by atoms with Crippen LogP contribution in [-0.4, -0.2) is 19.1 Å². The van der Waals surface area contributed by atoms with Crippen LogP contribution in [0, 0.1) is 0 Å². The van der Waals surface area contributed by atoms with E-state index >= 15 is 0 Å². The normalized spacial score (nSPS) is 15.1. The first-order chi connectivity index (χ1) is 9.65. The standard InChI is InChI=1S/C17H16N2S/c1-19(2)13-9-7-12(8-10-13)11-15-14-5-3-4-6-16(14)18-17(15)20/h3-11H,1-2H3,(H,18,20)/b15-11-. The van der Waals surface area contributed by atoms with Crippen molar-refractivity contribution in [3.8, 4) is 0 Å². The summed E-state index contributed by atoms with van der Waals surface area (Å²) < 4.78 is 0. The van der Waals surface area contributed by atoms with Crippen molar-refractivity contribution in [1.82, 2.24) is 0 Å². The molecule has 0 aromatic heterocycles. The van der Waals surface area contributed by atoms with Gasteiger partial charge in [0, 0.05) is 36.6 Å². The summed E-state index contributed by atoms with van der Waals surface area (Å²) in [5.74, 6) is 0. The average molecular weight is 280 g/mol. The SMILES string of the molecule is CN(C)c1ccc(/C=C2\C(=S)Nc3ccccc32)cc1. The number of thiocarbonyl (C=S) groups is 1. The molecule has 1 heterocycles. The van der Waals surface area contributed by atoms with E-state index in [4.69, 9.17) is 12.2 Å². The number of anilines is 2. The summed E-state index contributed by atoms with van der Waals surface area (Å²) in [4.78, 5) is 2.89. The molecule has 3 rings (SSSR count). The Morgan fingerprint density at radius 2 is 1.70 bits per heavy atom. The molecule has 0 amide bonds. The number of hydrogen-bond acceptors (Lipinski definition) is 2. The fourth-order valence-electron chi connectivity index (χ4n) is 2.32. The highest BCUT2D eigenvalue weighted by Crippen LogP contribution is 2.33. The number of rotatable bonds is 2. The summed E-state index contributed by atoms with van der Waals surface area (Å²) in [7, 11) is 4.08. The smallest absolute Gasteiger partial charge is 0.111 e. The highest BCUT2D eigenvalue weighted by molar-refractivity contribution is 7.81. The summed E-state index contributed by atoms with van der Waals surface area (Å²) in [6.45, 7) is 0. The predicted molar refractivity (Wildman–Crippen MR) is 91.3 cm³/mol. The molecule has 0 radical (unpaired) electrons. The van der Waals surface area contributed by atoms with Crippen LogP contribution in [0.4, 0.5) is 11.4 Å². The molecule has 1 aliphatic rings. The Bertz CT molecular complexity index is 684. The average Bonchev–Trinajstić information content (AvgIpc) is 2.76. The Balaban J connectivity index is 1.98. The minimum Gasteiger partial charge on any atom is -0.378 e. The van der Waals surface area contributed by atoms with Crippen molar-refractivity contribution in [2.45, 2.75) is 0 Å². The molecular weight excluding hydrogens is 264 g/mol. The van der Waals surface area contributed by atoms with Crippen molar-refractivity contribution in [2.24, 2.45) is 0 Å². The first-order valence-electron chi connectivity index (χ1n) is 6.55. The number of benzene rings is 2. The highest BCUT2D eigenvalue weighted by atomic mass is 32.1. The lowest BCUT2D eigenvalue weighted by Crippen LogP contribution is -2.07. The molecule has 0 atom stereocenters. The van der Waals surface area contributed by atoms with Crippen molar-refractivity contribution in [3.05, 3.63) is 59.7 Å². The molecule has 0 saturated carbocycles. The minimum atomic E-state index is 0.794. The molecule has 0 spiro atoms. The van der Waals surface area contributed by atoms with Gasteiger partial charge in [-0.1, -0.05) is 42.5 Å². The fourth-order valence-corrected chi connectivity index (χ4v) is 2.60. The van der Waals surface area contributed by atoms with Crippen LogP contribution < -0.4 is 10.2 Å². The van der Waals surface area contributed by atoms with Crippen LogP contribution in [0.15, 0.2) is 48.5 Å². The third-order valence-electron chi connectivity index (χ3n) is 3.43. The zero-order valence-electron chi connectivity index (χ0n) is 11.6. The van der Waals surface area contributed by atoms with Crippen LogP contribution in [0.3, 0.4) is 0 Å². The molecule has 2 nitrogen and oxygen atoms in total. The first kappa shape index (κ1) is 12.9. The maximum Gasteiger partial charge on any atom is 0.111 e. The van der Waals surface area contributed by atoms with Crippen LogP contribution in [0.5, 0.6) is 0 Å². The maximum absolute atomic E-state index is 5.42. The third-order valence-corrected chi connectivity index (χ3v) is 3.75. The van der Waals surface area contributed by atoms with E-state index in [9.17, 15) is 0 Å². The summed E-state index contributed by atoms with van der Waals surface area (Å²) in [6.07, 6.45) is 2.14. The lowest BCUT2D eigenvalue weighted by Gasteiger charge is -2.12. The van der Waals surface area contributed by atoms with Crippen molar-refractivity contribution in [1.29, 1.82) is 0 Å². The molecular formula is C17H16N2S. The Labute approximate surface area is 124 Å². The van der Waals surface area contributed by atoms with Gasteiger partial charge in [0.05, 0.1) is 0 Å². The fraction of sp³-hybridized carbons (Fsp3) is 0.118. The lowest BCUT2D eigenvalue weighted by atomic mass is 10.0. The van der Waals surface area contributed by atoms with Gasteiger partial charge in [0.2, 0.25) is 0 Å². The highest BCUT2D eigenvalue weighted by Gasteiger charge is 2.19. The van der Waals surface area contributed by atoms with Gasteiger partial charge in [-0.05, 0) is 29.8 Å². The van der Waals surface area contributed by atoms with Gasteiger partial charge >= 0.3 is 0 Å². The van der Waals surface area contributed by atoms with Gasteiger partial charge in [0.1, 0.15) is 4.99 Å². The van der Waals surface area contributed by atoms with Crippen molar-refractivity contribution in [3.63, 3.8) is 0 Å². The van der Waals surface area contributed by atoms with Crippen molar-refractivity contribution in [2.75, 3.05) is 24.3 Å². The molecule has 0 saturated heterocycles. The Morgan fingerprint density at radius 3 is 2.40 bits per heavy atom. The largest absolute Gasteiger partial charge is 0.378 e. The summed E-state index contributed by atoms with van der Waals surface area (Å²) in [6, 6.07) is 16.7. The lowest BCUT2D eigenvalue weighted by molar-refractivity contribution is 1.13. The van der Waals surface area contributed by atoms with Gasteiger partial charge in [-0.3, -0.25) is 0 Å². The summed E-state index contributed by atoms with van der Waals surface area (Å²) >= 11 is 5.42. The zero-order chi connectivity index (χ0) is 14.1. The monoisotopic (exact) mass is 280 g/mol. The molecule has 0 unspecified atom stereocenters. The van der Waals surface area contributed by atoms with Gasteiger partial charge in [-0.2, -0.15) is 0 Å². The quantitative estimate of drug-likeness (QED) is 0.660. The first-order valence-corrected chi connectivity index (χ1v) is 6.96. The van der Waals surface area contributed by atoms with Gasteiger partial charge < -0.3 is 10.2 Å². The van der Waals surface area contributed by atoms with Gasteiger partial charge in [-0.15, -0.1) is 0 Å². The van der Waals surface area contributed by atoms with Crippen LogP contribution in [0.1, 0.15) is 11.1 Å². The molecule has 2 aromatic rings. The van der Waals surface area contributed by atoms with E-state index in [1.54, 1.807) is 0 Å². The Kier molecular flexibility index (Phi) is 3.28. The van der Waals surface area contributed by atoms with E-state index in [1.807, 2.05) is 26.2 Å². The second-order valence-electron chi connectivity index (χ2n) is 5.04. The minimum absolute atomic E-state index is 0.794. The molecule has 3 heteroatoms. The Hall–Kier alpha value is -2.13. The zero-order valence-corrected chi connectivity index (χ0v) is 12.4. The van der Waals surface area contributed by atoms with E-state index in [-0.39, 0.29) is 0 Å². The molecule has 0 bridgehead atoms. The van der Waals surface area contributed by atoms with Crippen molar-refractivity contribution < 1.29 is 0 Å². The third kappa shape index (κ3) is 2.32. The number of para-hydroxylation sites is 1. The number of nitrogens with one attached hydrogen (secondary N) is 1. The van der Waals surface area contributed by atoms with E-state index in [0.29, 0.717) is 0 Å². The Morgan fingerprint density at radius 1 is 1.00 bits per heavy atom. The molecule has 100 valence electrons. The molecule has 0 fully saturated rings. The number of nitrogens with zero attached hydrogens (tertiary/aromatic N) is 1. The van der Waals surface area contributed by atoms with Crippen LogP contribution >= 0.6 is 12.2 Å². The number of fused-ring (bicyclic) bond motifs is 1. The second-order valence-corrected chi connectivity index (χ2v) is 5.45.